The van der Waals surface area contributed by atoms with Crippen molar-refractivity contribution in [2.24, 2.45) is 0 Å². The molecule has 0 saturated heterocycles. The smallest absolute Gasteiger partial charge is 0.0622 e. The van der Waals surface area contributed by atoms with Crippen molar-refractivity contribution in [3.05, 3.63) is 17.5 Å². The summed E-state index contributed by atoms with van der Waals surface area (Å²) in [6.07, 6.45) is 0.994. The van der Waals surface area contributed by atoms with E-state index < -0.39 is 0 Å². The summed E-state index contributed by atoms with van der Waals surface area (Å²) in [6, 6.07) is 2.11. The number of aromatic nitrogens is 2. The molecular formula is C10H20N4. The molecule has 0 spiro atoms. The molecule has 0 unspecified atom stereocenters. The van der Waals surface area contributed by atoms with Crippen molar-refractivity contribution < 1.29 is 0 Å². The average Bonchev–Trinajstić information content (AvgIpc) is 2.60. The highest BCUT2D eigenvalue weighted by atomic mass is 15.1. The second-order valence-corrected chi connectivity index (χ2v) is 3.72. The van der Waals surface area contributed by atoms with E-state index in [-0.39, 0.29) is 0 Å². The van der Waals surface area contributed by atoms with Crippen LogP contribution in [0.15, 0.2) is 6.07 Å². The van der Waals surface area contributed by atoms with E-state index in [1.54, 1.807) is 0 Å². The molecule has 0 bridgehead atoms. The highest BCUT2D eigenvalue weighted by Gasteiger charge is 1.98. The van der Waals surface area contributed by atoms with Crippen LogP contribution in [-0.2, 0) is 13.0 Å². The summed E-state index contributed by atoms with van der Waals surface area (Å²) in [5.41, 5.74) is 2.30. The Labute approximate surface area is 85.7 Å². The number of rotatable bonds is 6. The third-order valence-electron chi connectivity index (χ3n) is 2.10. The van der Waals surface area contributed by atoms with E-state index in [0.717, 1.165) is 31.7 Å². The average molecular weight is 196 g/mol. The van der Waals surface area contributed by atoms with Crippen molar-refractivity contribution in [2.75, 3.05) is 27.2 Å². The van der Waals surface area contributed by atoms with E-state index in [2.05, 4.69) is 47.5 Å². The summed E-state index contributed by atoms with van der Waals surface area (Å²) in [5, 5.41) is 10.5. The fourth-order valence-corrected chi connectivity index (χ4v) is 1.21. The molecule has 0 aliphatic heterocycles. The molecule has 1 rings (SSSR count). The van der Waals surface area contributed by atoms with Crippen LogP contribution >= 0.6 is 0 Å². The number of nitrogens with one attached hydrogen (secondary N) is 2. The van der Waals surface area contributed by atoms with Crippen molar-refractivity contribution in [3.8, 4) is 0 Å². The fourth-order valence-electron chi connectivity index (χ4n) is 1.21. The van der Waals surface area contributed by atoms with E-state index in [1.807, 2.05) is 0 Å². The van der Waals surface area contributed by atoms with Gasteiger partial charge in [-0.2, -0.15) is 5.10 Å². The summed E-state index contributed by atoms with van der Waals surface area (Å²) < 4.78 is 0. The van der Waals surface area contributed by atoms with Gasteiger partial charge in [-0.1, -0.05) is 6.92 Å². The lowest BCUT2D eigenvalue weighted by Crippen LogP contribution is -2.26. The third-order valence-corrected chi connectivity index (χ3v) is 2.10. The van der Waals surface area contributed by atoms with Crippen LogP contribution in [0.4, 0.5) is 0 Å². The lowest BCUT2D eigenvalue weighted by molar-refractivity contribution is 0.399. The van der Waals surface area contributed by atoms with Gasteiger partial charge in [0.15, 0.2) is 0 Å². The first-order chi connectivity index (χ1) is 6.72. The summed E-state index contributed by atoms with van der Waals surface area (Å²) in [6.45, 7) is 5.06. The predicted molar refractivity (Wildman–Crippen MR) is 58.2 cm³/mol. The second kappa shape index (κ2) is 5.78. The highest BCUT2D eigenvalue weighted by molar-refractivity contribution is 5.07. The van der Waals surface area contributed by atoms with Crippen molar-refractivity contribution in [2.45, 2.75) is 19.9 Å². The van der Waals surface area contributed by atoms with E-state index in [4.69, 9.17) is 0 Å². The van der Waals surface area contributed by atoms with Crippen molar-refractivity contribution in [1.29, 1.82) is 0 Å². The molecule has 14 heavy (non-hydrogen) atoms. The van der Waals surface area contributed by atoms with Crippen LogP contribution < -0.4 is 5.32 Å². The molecule has 0 aliphatic rings. The molecular weight excluding hydrogens is 176 g/mol. The Kier molecular flexibility index (Phi) is 4.62. The predicted octanol–water partition coefficient (Wildman–Crippen LogP) is 0.623. The first-order valence-electron chi connectivity index (χ1n) is 5.11. The number of nitrogens with zero attached hydrogens (tertiary/aromatic N) is 2. The molecule has 1 aromatic rings. The van der Waals surface area contributed by atoms with Crippen LogP contribution in [0.25, 0.3) is 0 Å². The maximum atomic E-state index is 4.17. The third kappa shape index (κ3) is 3.89. The molecule has 0 fully saturated rings. The van der Waals surface area contributed by atoms with Gasteiger partial charge in [-0.05, 0) is 26.6 Å². The van der Waals surface area contributed by atoms with Gasteiger partial charge in [-0.3, -0.25) is 5.10 Å². The monoisotopic (exact) mass is 196 g/mol. The van der Waals surface area contributed by atoms with E-state index in [9.17, 15) is 0 Å². The lowest BCUT2D eigenvalue weighted by atomic mass is 10.3. The van der Waals surface area contributed by atoms with Gasteiger partial charge < -0.3 is 10.2 Å². The topological polar surface area (TPSA) is 44.0 Å². The van der Waals surface area contributed by atoms with Gasteiger partial charge in [0.1, 0.15) is 0 Å². The van der Waals surface area contributed by atoms with Crippen molar-refractivity contribution in [1.82, 2.24) is 20.4 Å². The quantitative estimate of drug-likeness (QED) is 0.656. The highest BCUT2D eigenvalue weighted by Crippen LogP contribution is 1.99. The van der Waals surface area contributed by atoms with Crippen LogP contribution in [0.5, 0.6) is 0 Å². The number of hydrogen-bond acceptors (Lipinski definition) is 3. The molecule has 2 N–H and O–H groups in total. The van der Waals surface area contributed by atoms with Gasteiger partial charge >= 0.3 is 0 Å². The summed E-state index contributed by atoms with van der Waals surface area (Å²) in [4.78, 5) is 2.16. The Morgan fingerprint density at radius 2 is 2.29 bits per heavy atom. The number of H-pyrrole nitrogens is 1. The number of likely N-dealkylation sites (N-methyl/N-ethyl adjacent to an activating group) is 1. The summed E-state index contributed by atoms with van der Waals surface area (Å²) >= 11 is 0. The van der Waals surface area contributed by atoms with Crippen LogP contribution in [0.1, 0.15) is 18.3 Å². The van der Waals surface area contributed by atoms with Crippen LogP contribution in [0.3, 0.4) is 0 Å². The van der Waals surface area contributed by atoms with Gasteiger partial charge in [-0.25, -0.2) is 0 Å². The molecule has 4 heteroatoms. The molecule has 0 atom stereocenters. The lowest BCUT2D eigenvalue weighted by Gasteiger charge is -2.09. The second-order valence-electron chi connectivity index (χ2n) is 3.72. The Morgan fingerprint density at radius 3 is 2.86 bits per heavy atom. The Hall–Kier alpha value is -0.870. The molecule has 4 nitrogen and oxygen atoms in total. The molecule has 0 amide bonds. The molecule has 1 aromatic heterocycles. The largest absolute Gasteiger partial charge is 0.310 e. The molecule has 80 valence electrons. The van der Waals surface area contributed by atoms with E-state index in [1.165, 1.54) is 5.69 Å². The zero-order valence-corrected chi connectivity index (χ0v) is 9.30. The molecule has 0 radical (unpaired) electrons. The Bertz CT molecular complexity index is 254. The fraction of sp³-hybridized carbons (Fsp3) is 0.700. The maximum Gasteiger partial charge on any atom is 0.0622 e. The summed E-state index contributed by atoms with van der Waals surface area (Å²) in [7, 11) is 4.15. The van der Waals surface area contributed by atoms with Crippen LogP contribution in [-0.4, -0.2) is 42.3 Å². The van der Waals surface area contributed by atoms with Crippen molar-refractivity contribution >= 4 is 0 Å². The Balaban J connectivity index is 2.18. The number of hydrogen-bond donors (Lipinski definition) is 2. The van der Waals surface area contributed by atoms with Gasteiger partial charge in [0, 0.05) is 25.3 Å². The van der Waals surface area contributed by atoms with E-state index >= 15 is 0 Å². The molecule has 0 aliphatic carbocycles. The first kappa shape index (κ1) is 11.2. The SMILES string of the molecule is CCc1cc(CNCCN(C)C)[nH]n1. The van der Waals surface area contributed by atoms with Gasteiger partial charge in [0.05, 0.1) is 5.69 Å². The minimum Gasteiger partial charge on any atom is -0.310 e. The molecule has 1 heterocycles. The first-order valence-corrected chi connectivity index (χ1v) is 5.11. The van der Waals surface area contributed by atoms with Gasteiger partial charge in [-0.15, -0.1) is 0 Å². The number of aryl methyl sites for hydroxylation is 1. The van der Waals surface area contributed by atoms with Crippen LogP contribution in [0, 0.1) is 0 Å². The normalized spacial score (nSPS) is 11.1. The van der Waals surface area contributed by atoms with Gasteiger partial charge in [0.2, 0.25) is 0 Å². The van der Waals surface area contributed by atoms with E-state index in [0.29, 0.717) is 0 Å². The van der Waals surface area contributed by atoms with Crippen molar-refractivity contribution in [3.63, 3.8) is 0 Å². The molecule has 0 saturated carbocycles. The molecule has 0 aromatic carbocycles. The number of aromatic amines is 1. The minimum atomic E-state index is 0.876. The minimum absolute atomic E-state index is 0.876. The van der Waals surface area contributed by atoms with Gasteiger partial charge in [0.25, 0.3) is 0 Å². The van der Waals surface area contributed by atoms with Crippen LogP contribution in [0.2, 0.25) is 0 Å². The maximum absolute atomic E-state index is 4.17. The zero-order valence-electron chi connectivity index (χ0n) is 9.30. The standard InChI is InChI=1S/C10H20N4/c1-4-9-7-10(13-12-9)8-11-5-6-14(2)3/h7,11H,4-6,8H2,1-3H3,(H,12,13). The zero-order chi connectivity index (χ0) is 10.4. The summed E-state index contributed by atoms with van der Waals surface area (Å²) in [5.74, 6) is 0. The Morgan fingerprint density at radius 1 is 1.50 bits per heavy atom.